The normalized spacial score (nSPS) is 20.6. The molecule has 10 nitrogen and oxygen atoms in total. The monoisotopic (exact) mass is 626 g/mol. The molecule has 0 radical (unpaired) electrons. The van der Waals surface area contributed by atoms with Crippen LogP contribution in [-0.2, 0) is 20.5 Å². The van der Waals surface area contributed by atoms with Gasteiger partial charge in [0, 0.05) is 38.6 Å². The van der Waals surface area contributed by atoms with Crippen molar-refractivity contribution in [3.05, 3.63) is 23.3 Å². The van der Waals surface area contributed by atoms with Gasteiger partial charge in [0.2, 0.25) is 5.91 Å². The van der Waals surface area contributed by atoms with Gasteiger partial charge >= 0.3 is 12.3 Å². The lowest BCUT2D eigenvalue weighted by molar-refractivity contribution is -0.138. The summed E-state index contributed by atoms with van der Waals surface area (Å²) in [6.07, 6.45) is -4.04. The van der Waals surface area contributed by atoms with E-state index in [4.69, 9.17) is 9.47 Å². The number of hydrogen-bond donors (Lipinski definition) is 1. The number of nitrogens with zero attached hydrogens (tertiary/aromatic N) is 3. The molecule has 1 saturated heterocycles. The van der Waals surface area contributed by atoms with Crippen LogP contribution in [0.2, 0.25) is 0 Å². The Labute approximate surface area is 257 Å². The number of likely N-dealkylation sites (tertiary alicyclic amines) is 1. The van der Waals surface area contributed by atoms with Gasteiger partial charge in [-0.3, -0.25) is 14.4 Å². The number of fused-ring (bicyclic) bond motifs is 1. The quantitative estimate of drug-likeness (QED) is 0.416. The van der Waals surface area contributed by atoms with E-state index in [1.165, 1.54) is 21.6 Å². The Morgan fingerprint density at radius 1 is 1.18 bits per heavy atom. The smallest absolute Gasteiger partial charge is 0.417 e. The summed E-state index contributed by atoms with van der Waals surface area (Å²) >= 11 is 0. The fourth-order valence-electron chi connectivity index (χ4n) is 5.47. The second-order valence-electron chi connectivity index (χ2n) is 12.7. The summed E-state index contributed by atoms with van der Waals surface area (Å²) in [5, 5.41) is 2.68. The lowest BCUT2D eigenvalue weighted by Gasteiger charge is -2.43. The zero-order valence-electron chi connectivity index (χ0n) is 26.9. The summed E-state index contributed by atoms with van der Waals surface area (Å²) in [7, 11) is 0. The average molecular weight is 627 g/mol. The van der Waals surface area contributed by atoms with Crippen LogP contribution in [0.4, 0.5) is 23.7 Å². The van der Waals surface area contributed by atoms with Gasteiger partial charge in [-0.1, -0.05) is 13.8 Å². The molecule has 2 atom stereocenters. The van der Waals surface area contributed by atoms with Crippen LogP contribution < -0.4 is 15.0 Å². The largest absolute Gasteiger partial charge is 0.476 e. The predicted molar refractivity (Wildman–Crippen MR) is 159 cm³/mol. The number of rotatable bonds is 8. The number of carbonyl (C=O) groups excluding carboxylic acids is 4. The molecule has 1 unspecified atom stereocenters. The van der Waals surface area contributed by atoms with E-state index in [0.717, 1.165) is 12.1 Å². The molecule has 0 spiro atoms. The van der Waals surface area contributed by atoms with Crippen LogP contribution in [0.5, 0.6) is 5.75 Å². The van der Waals surface area contributed by atoms with Crippen molar-refractivity contribution in [2.24, 2.45) is 0 Å². The van der Waals surface area contributed by atoms with Crippen molar-refractivity contribution in [1.82, 2.24) is 15.1 Å². The number of ether oxygens (including phenoxy) is 2. The van der Waals surface area contributed by atoms with Crippen LogP contribution in [0.25, 0.3) is 0 Å². The van der Waals surface area contributed by atoms with Crippen molar-refractivity contribution in [3.8, 4) is 5.75 Å². The Bertz CT molecular complexity index is 1260. The highest BCUT2D eigenvalue weighted by Crippen LogP contribution is 2.45. The van der Waals surface area contributed by atoms with E-state index in [1.807, 2.05) is 0 Å². The van der Waals surface area contributed by atoms with Gasteiger partial charge in [-0.15, -0.1) is 0 Å². The number of nitrogens with one attached hydrogen (secondary N) is 1. The van der Waals surface area contributed by atoms with Crippen LogP contribution in [0, 0.1) is 0 Å². The lowest BCUT2D eigenvalue weighted by atomic mass is 9.94. The number of carbonyl (C=O) groups is 4. The molecule has 44 heavy (non-hydrogen) atoms. The molecule has 4 amide bonds. The van der Waals surface area contributed by atoms with Crippen molar-refractivity contribution >= 4 is 29.5 Å². The van der Waals surface area contributed by atoms with Crippen molar-refractivity contribution in [2.75, 3.05) is 31.1 Å². The maximum Gasteiger partial charge on any atom is 0.417 e. The highest BCUT2D eigenvalue weighted by atomic mass is 19.4. The summed E-state index contributed by atoms with van der Waals surface area (Å²) in [5.41, 5.74) is -3.96. The second-order valence-corrected chi connectivity index (χ2v) is 12.7. The maximum absolute atomic E-state index is 14.6. The molecule has 1 aromatic carbocycles. The van der Waals surface area contributed by atoms with E-state index in [0.29, 0.717) is 19.4 Å². The standard InChI is InChI=1S/C31H45F3N4O6/c1-9-25(39)35-13-15-37-23-16-21(22(31(32,33)34)17-24(23)43-30(8,10-2)27(37)41)26(40)38(19(3)4)20-12-11-14-36(18-20)28(42)44-29(5,6)7/h16-17,19-20H,9-15,18H2,1-8H3,(H,35,39)/t20-,30?/m1/s1. The Hall–Kier alpha value is -3.51. The van der Waals surface area contributed by atoms with Crippen LogP contribution in [0.1, 0.15) is 97.0 Å². The summed E-state index contributed by atoms with van der Waals surface area (Å²) in [4.78, 5) is 56.5. The van der Waals surface area contributed by atoms with Crippen molar-refractivity contribution in [1.29, 1.82) is 0 Å². The highest BCUT2D eigenvalue weighted by molar-refractivity contribution is 6.05. The van der Waals surface area contributed by atoms with Crippen molar-refractivity contribution in [2.45, 2.75) is 111 Å². The average Bonchev–Trinajstić information content (AvgIpc) is 2.93. The zero-order chi connectivity index (χ0) is 33.2. The van der Waals surface area contributed by atoms with Gasteiger partial charge < -0.3 is 29.5 Å². The summed E-state index contributed by atoms with van der Waals surface area (Å²) in [6, 6.07) is 0.777. The molecule has 0 aliphatic carbocycles. The third-order valence-corrected chi connectivity index (χ3v) is 7.84. The molecule has 0 saturated carbocycles. The van der Waals surface area contributed by atoms with Crippen LogP contribution in [0.15, 0.2) is 12.1 Å². The molecule has 2 heterocycles. The molecule has 2 aliphatic heterocycles. The second kappa shape index (κ2) is 13.2. The van der Waals surface area contributed by atoms with Gasteiger partial charge in [0.05, 0.1) is 22.9 Å². The predicted octanol–water partition coefficient (Wildman–Crippen LogP) is 5.38. The maximum atomic E-state index is 14.6. The first-order chi connectivity index (χ1) is 20.3. The minimum Gasteiger partial charge on any atom is -0.476 e. The first-order valence-electron chi connectivity index (χ1n) is 15.2. The molecule has 13 heteroatoms. The van der Waals surface area contributed by atoms with E-state index >= 15 is 0 Å². The van der Waals surface area contributed by atoms with Gasteiger partial charge in [0.15, 0.2) is 5.60 Å². The van der Waals surface area contributed by atoms with E-state index in [-0.39, 0.29) is 49.8 Å². The van der Waals surface area contributed by atoms with Gasteiger partial charge in [-0.2, -0.15) is 13.2 Å². The van der Waals surface area contributed by atoms with E-state index in [2.05, 4.69) is 5.32 Å². The third-order valence-electron chi connectivity index (χ3n) is 7.84. The molecule has 0 aromatic heterocycles. The minimum absolute atomic E-state index is 0.0192. The molecule has 1 fully saturated rings. The number of halogens is 3. The van der Waals surface area contributed by atoms with Gasteiger partial charge in [-0.25, -0.2) is 4.79 Å². The molecule has 3 rings (SSSR count). The fourth-order valence-corrected chi connectivity index (χ4v) is 5.47. The first kappa shape index (κ1) is 35.0. The molecular formula is C31H45F3N4O6. The Morgan fingerprint density at radius 3 is 2.39 bits per heavy atom. The molecule has 1 aromatic rings. The van der Waals surface area contributed by atoms with Gasteiger partial charge in [-0.05, 0) is 72.9 Å². The Morgan fingerprint density at radius 2 is 1.84 bits per heavy atom. The SMILES string of the molecule is CCC(=O)NCCN1C(=O)C(C)(CC)Oc2cc(C(F)(F)F)c(C(=O)N(C(C)C)[C@@H]3CCCN(C(=O)OC(C)(C)C)C3)cc21. The lowest BCUT2D eigenvalue weighted by Crippen LogP contribution is -2.56. The molecule has 246 valence electrons. The molecule has 1 N–H and O–H groups in total. The van der Waals surface area contributed by atoms with E-state index in [9.17, 15) is 32.3 Å². The number of amides is 4. The molecule has 2 aliphatic rings. The fraction of sp³-hybridized carbons (Fsp3) is 0.677. The molecule has 0 bridgehead atoms. The summed E-state index contributed by atoms with van der Waals surface area (Å²) < 4.78 is 55.1. The van der Waals surface area contributed by atoms with Crippen LogP contribution >= 0.6 is 0 Å². The number of alkyl halides is 3. The van der Waals surface area contributed by atoms with E-state index < -0.39 is 58.5 Å². The Kier molecular flexibility index (Phi) is 10.5. The van der Waals surface area contributed by atoms with Crippen LogP contribution in [0.3, 0.4) is 0 Å². The minimum atomic E-state index is -4.91. The number of hydrogen-bond acceptors (Lipinski definition) is 6. The number of piperidine rings is 1. The van der Waals surface area contributed by atoms with Crippen LogP contribution in [-0.4, -0.2) is 83.1 Å². The van der Waals surface area contributed by atoms with Gasteiger partial charge in [0.1, 0.15) is 11.4 Å². The number of benzene rings is 1. The number of anilines is 1. The third kappa shape index (κ3) is 7.76. The van der Waals surface area contributed by atoms with E-state index in [1.54, 1.807) is 48.5 Å². The van der Waals surface area contributed by atoms with Crippen molar-refractivity contribution in [3.63, 3.8) is 0 Å². The Balaban J connectivity index is 2.07. The summed E-state index contributed by atoms with van der Waals surface area (Å²) in [6.45, 7) is 14.0. The first-order valence-corrected chi connectivity index (χ1v) is 15.2. The van der Waals surface area contributed by atoms with Crippen molar-refractivity contribution < 1.29 is 41.8 Å². The molecular weight excluding hydrogens is 581 g/mol. The topological polar surface area (TPSA) is 108 Å². The zero-order valence-corrected chi connectivity index (χ0v) is 26.9. The highest BCUT2D eigenvalue weighted by Gasteiger charge is 2.47. The summed E-state index contributed by atoms with van der Waals surface area (Å²) in [5.74, 6) is -1.78. The van der Waals surface area contributed by atoms with Gasteiger partial charge in [0.25, 0.3) is 11.8 Å².